The summed E-state index contributed by atoms with van der Waals surface area (Å²) < 4.78 is 29.7. The lowest BCUT2D eigenvalue weighted by Crippen LogP contribution is -2.49. The fraction of sp³-hybridized carbons (Fsp3) is 0.350. The van der Waals surface area contributed by atoms with E-state index in [1.54, 1.807) is 27.5 Å². The number of imidazole rings is 1. The highest BCUT2D eigenvalue weighted by molar-refractivity contribution is 7.89. The first-order valence-corrected chi connectivity index (χ1v) is 11.0. The quantitative estimate of drug-likeness (QED) is 0.653. The zero-order chi connectivity index (χ0) is 20.6. The summed E-state index contributed by atoms with van der Waals surface area (Å²) in [6, 6.07) is 7.51. The summed E-state index contributed by atoms with van der Waals surface area (Å²) >= 11 is 0. The molecule has 0 radical (unpaired) electrons. The Morgan fingerprint density at radius 2 is 1.52 bits per heavy atom. The van der Waals surface area contributed by atoms with Crippen molar-refractivity contribution in [3.8, 4) is 5.82 Å². The average molecular weight is 413 g/mol. The summed E-state index contributed by atoms with van der Waals surface area (Å²) in [6.07, 6.45) is 5.16. The van der Waals surface area contributed by atoms with Crippen LogP contribution in [0.25, 0.3) is 5.82 Å². The van der Waals surface area contributed by atoms with Crippen molar-refractivity contribution in [1.29, 1.82) is 0 Å². The molecule has 1 aliphatic heterocycles. The molecule has 2 aromatic heterocycles. The van der Waals surface area contributed by atoms with Crippen molar-refractivity contribution in [1.82, 2.24) is 24.1 Å². The molecular weight excluding hydrogens is 388 g/mol. The SMILES string of the molecule is Cc1cc(C)c(S(=O)(=O)N2CCN(c3ccc(-n4ccnc4)nn3)CC2)cc1C. The molecule has 0 bridgehead atoms. The van der Waals surface area contributed by atoms with Crippen molar-refractivity contribution in [3.05, 3.63) is 59.7 Å². The summed E-state index contributed by atoms with van der Waals surface area (Å²) in [7, 11) is -3.51. The standard InChI is InChI=1S/C20H24N6O2S/c1-15-12-17(3)18(13-16(15)2)29(27,28)26-10-8-24(9-11-26)19-4-5-20(23-22-19)25-7-6-21-14-25/h4-7,12-14H,8-11H2,1-3H3. The number of rotatable bonds is 4. The third kappa shape index (κ3) is 3.75. The van der Waals surface area contributed by atoms with E-state index in [4.69, 9.17) is 0 Å². The second-order valence-corrected chi connectivity index (χ2v) is 9.22. The number of benzene rings is 1. The van der Waals surface area contributed by atoms with Gasteiger partial charge in [0, 0.05) is 38.6 Å². The second kappa shape index (κ2) is 7.57. The highest BCUT2D eigenvalue weighted by atomic mass is 32.2. The van der Waals surface area contributed by atoms with E-state index >= 15 is 0 Å². The molecule has 1 saturated heterocycles. The predicted octanol–water partition coefficient (Wildman–Crippen LogP) is 2.10. The molecule has 0 N–H and O–H groups in total. The zero-order valence-corrected chi connectivity index (χ0v) is 17.6. The van der Waals surface area contributed by atoms with Crippen LogP contribution in [0.5, 0.6) is 0 Å². The topological polar surface area (TPSA) is 84.2 Å². The van der Waals surface area contributed by atoms with Crippen LogP contribution in [0, 0.1) is 20.8 Å². The van der Waals surface area contributed by atoms with Gasteiger partial charge < -0.3 is 4.90 Å². The van der Waals surface area contributed by atoms with Gasteiger partial charge in [-0.15, -0.1) is 10.2 Å². The van der Waals surface area contributed by atoms with Crippen molar-refractivity contribution in [2.75, 3.05) is 31.1 Å². The van der Waals surface area contributed by atoms with E-state index in [-0.39, 0.29) is 0 Å². The Labute approximate surface area is 170 Å². The third-order valence-electron chi connectivity index (χ3n) is 5.38. The molecule has 0 amide bonds. The molecule has 0 aliphatic carbocycles. The molecule has 0 spiro atoms. The molecule has 0 atom stereocenters. The Morgan fingerprint density at radius 3 is 2.14 bits per heavy atom. The molecule has 3 aromatic rings. The maximum absolute atomic E-state index is 13.2. The summed E-state index contributed by atoms with van der Waals surface area (Å²) in [5.74, 6) is 1.44. The molecule has 0 unspecified atom stereocenters. The van der Waals surface area contributed by atoms with Gasteiger partial charge in [-0.25, -0.2) is 13.4 Å². The Morgan fingerprint density at radius 1 is 0.862 bits per heavy atom. The molecule has 4 rings (SSSR count). The number of anilines is 1. The first-order valence-electron chi connectivity index (χ1n) is 9.51. The summed E-state index contributed by atoms with van der Waals surface area (Å²) in [5, 5.41) is 8.54. The van der Waals surface area contributed by atoms with Gasteiger partial charge in [0.05, 0.1) is 4.90 Å². The first kappa shape index (κ1) is 19.5. The van der Waals surface area contributed by atoms with Crippen molar-refractivity contribution < 1.29 is 8.42 Å². The van der Waals surface area contributed by atoms with Crippen molar-refractivity contribution in [3.63, 3.8) is 0 Å². The van der Waals surface area contributed by atoms with Gasteiger partial charge >= 0.3 is 0 Å². The molecule has 1 aromatic carbocycles. The van der Waals surface area contributed by atoms with Gasteiger partial charge in [-0.2, -0.15) is 4.31 Å². The monoisotopic (exact) mass is 412 g/mol. The summed E-state index contributed by atoms with van der Waals surface area (Å²) in [6.45, 7) is 7.77. The van der Waals surface area contributed by atoms with E-state index < -0.39 is 10.0 Å². The lowest BCUT2D eigenvalue weighted by Gasteiger charge is -2.34. The van der Waals surface area contributed by atoms with Crippen molar-refractivity contribution in [2.45, 2.75) is 25.7 Å². The van der Waals surface area contributed by atoms with Crippen LogP contribution in [0.4, 0.5) is 5.82 Å². The molecule has 152 valence electrons. The highest BCUT2D eigenvalue weighted by Crippen LogP contribution is 2.25. The van der Waals surface area contributed by atoms with E-state index in [1.165, 1.54) is 0 Å². The minimum Gasteiger partial charge on any atom is -0.352 e. The van der Waals surface area contributed by atoms with E-state index in [0.29, 0.717) is 36.9 Å². The molecule has 0 saturated carbocycles. The van der Waals surface area contributed by atoms with Gasteiger partial charge in [0.15, 0.2) is 11.6 Å². The number of aromatic nitrogens is 4. The molecular formula is C20H24N6O2S. The van der Waals surface area contributed by atoms with Crippen LogP contribution in [-0.2, 0) is 10.0 Å². The molecule has 1 fully saturated rings. The minimum atomic E-state index is -3.51. The molecule has 3 heterocycles. The van der Waals surface area contributed by atoms with Crippen LogP contribution < -0.4 is 4.90 Å². The van der Waals surface area contributed by atoms with Crippen LogP contribution in [0.1, 0.15) is 16.7 Å². The lowest BCUT2D eigenvalue weighted by molar-refractivity contribution is 0.383. The fourth-order valence-electron chi connectivity index (χ4n) is 3.53. The molecule has 8 nitrogen and oxygen atoms in total. The maximum atomic E-state index is 13.2. The van der Waals surface area contributed by atoms with Crippen LogP contribution in [0.2, 0.25) is 0 Å². The average Bonchev–Trinajstić information content (AvgIpc) is 3.26. The van der Waals surface area contributed by atoms with Crippen molar-refractivity contribution in [2.24, 2.45) is 0 Å². The molecule has 1 aliphatic rings. The number of piperazine rings is 1. The number of nitrogens with zero attached hydrogens (tertiary/aromatic N) is 6. The second-order valence-electron chi connectivity index (χ2n) is 7.31. The van der Waals surface area contributed by atoms with E-state index in [1.807, 2.05) is 45.2 Å². The maximum Gasteiger partial charge on any atom is 0.243 e. The van der Waals surface area contributed by atoms with Gasteiger partial charge in [0.1, 0.15) is 6.33 Å². The third-order valence-corrected chi connectivity index (χ3v) is 7.42. The van der Waals surface area contributed by atoms with Gasteiger partial charge in [-0.1, -0.05) is 6.07 Å². The van der Waals surface area contributed by atoms with Gasteiger partial charge in [0.25, 0.3) is 0 Å². The lowest BCUT2D eigenvalue weighted by atomic mass is 10.1. The summed E-state index contributed by atoms with van der Waals surface area (Å²) in [4.78, 5) is 6.47. The van der Waals surface area contributed by atoms with Crippen LogP contribution in [0.3, 0.4) is 0 Å². The first-order chi connectivity index (χ1) is 13.9. The Hall–Kier alpha value is -2.78. The van der Waals surface area contributed by atoms with E-state index in [2.05, 4.69) is 20.1 Å². The molecule has 9 heteroatoms. The van der Waals surface area contributed by atoms with Gasteiger partial charge in [-0.05, 0) is 55.7 Å². The van der Waals surface area contributed by atoms with Crippen molar-refractivity contribution >= 4 is 15.8 Å². The predicted molar refractivity (Wildman–Crippen MR) is 111 cm³/mol. The van der Waals surface area contributed by atoms with E-state index in [9.17, 15) is 8.42 Å². The number of hydrogen-bond acceptors (Lipinski definition) is 6. The van der Waals surface area contributed by atoms with Gasteiger partial charge in [-0.3, -0.25) is 4.57 Å². The van der Waals surface area contributed by atoms with E-state index in [0.717, 1.165) is 22.5 Å². The Balaban J connectivity index is 1.47. The number of hydrogen-bond donors (Lipinski definition) is 0. The Bertz CT molecular complexity index is 1100. The van der Waals surface area contributed by atoms with Crippen LogP contribution in [0.15, 0.2) is 47.9 Å². The molecule has 29 heavy (non-hydrogen) atoms. The smallest absolute Gasteiger partial charge is 0.243 e. The van der Waals surface area contributed by atoms with Gasteiger partial charge in [0.2, 0.25) is 10.0 Å². The number of aryl methyl sites for hydroxylation is 3. The zero-order valence-electron chi connectivity index (χ0n) is 16.8. The highest BCUT2D eigenvalue weighted by Gasteiger charge is 2.30. The van der Waals surface area contributed by atoms with Crippen LogP contribution >= 0.6 is 0 Å². The Kier molecular flexibility index (Phi) is 5.10. The van der Waals surface area contributed by atoms with Crippen LogP contribution in [-0.4, -0.2) is 58.7 Å². The summed E-state index contributed by atoms with van der Waals surface area (Å²) in [5.41, 5.74) is 2.88. The minimum absolute atomic E-state index is 0.401. The normalized spacial score (nSPS) is 15.6. The number of sulfonamides is 1. The fourth-order valence-corrected chi connectivity index (χ4v) is 5.24. The largest absolute Gasteiger partial charge is 0.352 e.